The molecule has 0 atom stereocenters. The van der Waals surface area contributed by atoms with E-state index in [0.717, 1.165) is 11.1 Å². The van der Waals surface area contributed by atoms with Gasteiger partial charge in [0.1, 0.15) is 6.61 Å². The highest BCUT2D eigenvalue weighted by Gasteiger charge is 2.03. The molecule has 0 radical (unpaired) electrons. The SMILES string of the molecule is NCc1cccc(NC(=O)OCc2ccccc2)c1. The van der Waals surface area contributed by atoms with E-state index >= 15 is 0 Å². The first-order chi connectivity index (χ1) is 9.28. The zero-order valence-corrected chi connectivity index (χ0v) is 10.5. The van der Waals surface area contributed by atoms with E-state index in [4.69, 9.17) is 10.5 Å². The second-order valence-electron chi connectivity index (χ2n) is 4.09. The van der Waals surface area contributed by atoms with Crippen LogP contribution in [0, 0.1) is 0 Å². The highest BCUT2D eigenvalue weighted by molar-refractivity contribution is 5.84. The lowest BCUT2D eigenvalue weighted by atomic mass is 10.2. The zero-order valence-electron chi connectivity index (χ0n) is 10.5. The molecule has 4 nitrogen and oxygen atoms in total. The van der Waals surface area contributed by atoms with E-state index in [9.17, 15) is 4.79 Å². The molecule has 0 bridgehead atoms. The highest BCUT2D eigenvalue weighted by Crippen LogP contribution is 2.11. The number of anilines is 1. The maximum atomic E-state index is 11.6. The molecule has 4 heteroatoms. The summed E-state index contributed by atoms with van der Waals surface area (Å²) < 4.78 is 5.12. The third-order valence-electron chi connectivity index (χ3n) is 2.62. The number of carbonyl (C=O) groups is 1. The van der Waals surface area contributed by atoms with Crippen molar-refractivity contribution < 1.29 is 9.53 Å². The van der Waals surface area contributed by atoms with Crippen molar-refractivity contribution in [1.29, 1.82) is 0 Å². The lowest BCUT2D eigenvalue weighted by Gasteiger charge is -2.08. The number of hydrogen-bond donors (Lipinski definition) is 2. The van der Waals surface area contributed by atoms with Gasteiger partial charge < -0.3 is 10.5 Å². The number of carbonyl (C=O) groups excluding carboxylic acids is 1. The summed E-state index contributed by atoms with van der Waals surface area (Å²) in [4.78, 5) is 11.6. The van der Waals surface area contributed by atoms with Gasteiger partial charge in [0, 0.05) is 12.2 Å². The van der Waals surface area contributed by atoms with Crippen LogP contribution in [0.15, 0.2) is 54.6 Å². The second-order valence-corrected chi connectivity index (χ2v) is 4.09. The van der Waals surface area contributed by atoms with Crippen LogP contribution in [0.3, 0.4) is 0 Å². The molecule has 0 saturated heterocycles. The smallest absolute Gasteiger partial charge is 0.411 e. The molecule has 0 aliphatic heterocycles. The van der Waals surface area contributed by atoms with E-state index in [1.54, 1.807) is 6.07 Å². The summed E-state index contributed by atoms with van der Waals surface area (Å²) in [6.45, 7) is 0.692. The molecule has 3 N–H and O–H groups in total. The molecular weight excluding hydrogens is 240 g/mol. The Morgan fingerprint density at radius 2 is 1.79 bits per heavy atom. The summed E-state index contributed by atoms with van der Waals surface area (Å²) in [7, 11) is 0. The Bertz CT molecular complexity index is 541. The molecule has 2 aromatic rings. The third kappa shape index (κ3) is 4.12. The molecule has 1 amide bonds. The normalized spacial score (nSPS) is 9.95. The topological polar surface area (TPSA) is 64.3 Å². The fourth-order valence-corrected chi connectivity index (χ4v) is 1.65. The summed E-state index contributed by atoms with van der Waals surface area (Å²) in [5.41, 5.74) is 8.13. The van der Waals surface area contributed by atoms with Gasteiger partial charge in [0.2, 0.25) is 0 Å². The van der Waals surface area contributed by atoms with Crippen molar-refractivity contribution in [1.82, 2.24) is 0 Å². The van der Waals surface area contributed by atoms with E-state index in [1.165, 1.54) is 0 Å². The maximum Gasteiger partial charge on any atom is 0.411 e. The molecule has 0 heterocycles. The van der Waals surface area contributed by atoms with Crippen molar-refractivity contribution in [3.8, 4) is 0 Å². The van der Waals surface area contributed by atoms with Gasteiger partial charge in [-0.05, 0) is 23.3 Å². The highest BCUT2D eigenvalue weighted by atomic mass is 16.5. The average molecular weight is 256 g/mol. The van der Waals surface area contributed by atoms with Crippen LogP contribution in [0.25, 0.3) is 0 Å². The molecule has 98 valence electrons. The Labute approximate surface area is 112 Å². The van der Waals surface area contributed by atoms with Gasteiger partial charge in [0.05, 0.1) is 0 Å². The first-order valence-electron chi connectivity index (χ1n) is 6.04. The fraction of sp³-hybridized carbons (Fsp3) is 0.133. The molecule has 0 aliphatic rings. The Morgan fingerprint density at radius 1 is 1.05 bits per heavy atom. The van der Waals surface area contributed by atoms with Crippen LogP contribution in [0.1, 0.15) is 11.1 Å². The summed E-state index contributed by atoms with van der Waals surface area (Å²) in [6.07, 6.45) is -0.474. The van der Waals surface area contributed by atoms with Gasteiger partial charge in [-0.25, -0.2) is 4.79 Å². The van der Waals surface area contributed by atoms with Crippen LogP contribution >= 0.6 is 0 Å². The first-order valence-corrected chi connectivity index (χ1v) is 6.04. The molecule has 0 saturated carbocycles. The van der Waals surface area contributed by atoms with Gasteiger partial charge in [-0.15, -0.1) is 0 Å². The summed E-state index contributed by atoms with van der Waals surface area (Å²) in [6, 6.07) is 16.9. The number of nitrogens with two attached hydrogens (primary N) is 1. The van der Waals surface area contributed by atoms with Gasteiger partial charge >= 0.3 is 6.09 Å². The van der Waals surface area contributed by atoms with E-state index in [0.29, 0.717) is 12.2 Å². The molecule has 2 aromatic carbocycles. The number of ether oxygens (including phenoxy) is 1. The van der Waals surface area contributed by atoms with Gasteiger partial charge in [0.25, 0.3) is 0 Å². The van der Waals surface area contributed by atoms with Crippen molar-refractivity contribution in [2.75, 3.05) is 5.32 Å². The average Bonchev–Trinajstić information content (AvgIpc) is 2.46. The molecule has 0 unspecified atom stereocenters. The van der Waals surface area contributed by atoms with Crippen LogP contribution in [-0.4, -0.2) is 6.09 Å². The quantitative estimate of drug-likeness (QED) is 0.884. The Balaban J connectivity index is 1.87. The Morgan fingerprint density at radius 3 is 2.53 bits per heavy atom. The van der Waals surface area contributed by atoms with Crippen LogP contribution in [0.2, 0.25) is 0 Å². The minimum Gasteiger partial charge on any atom is -0.444 e. The van der Waals surface area contributed by atoms with Crippen molar-refractivity contribution in [3.63, 3.8) is 0 Å². The minimum atomic E-state index is -0.474. The lowest BCUT2D eigenvalue weighted by molar-refractivity contribution is 0.155. The molecule has 0 aliphatic carbocycles. The van der Waals surface area contributed by atoms with Gasteiger partial charge in [-0.3, -0.25) is 5.32 Å². The van der Waals surface area contributed by atoms with Crippen molar-refractivity contribution in [2.45, 2.75) is 13.2 Å². The predicted octanol–water partition coefficient (Wildman–Crippen LogP) is 2.89. The minimum absolute atomic E-state index is 0.253. The number of hydrogen-bond acceptors (Lipinski definition) is 3. The van der Waals surface area contributed by atoms with Crippen LogP contribution in [0.5, 0.6) is 0 Å². The van der Waals surface area contributed by atoms with E-state index in [-0.39, 0.29) is 6.61 Å². The van der Waals surface area contributed by atoms with Gasteiger partial charge in [-0.1, -0.05) is 42.5 Å². The molecule has 0 fully saturated rings. The van der Waals surface area contributed by atoms with Gasteiger partial charge in [-0.2, -0.15) is 0 Å². The maximum absolute atomic E-state index is 11.6. The Hall–Kier alpha value is -2.33. The van der Waals surface area contributed by atoms with Gasteiger partial charge in [0.15, 0.2) is 0 Å². The number of nitrogens with one attached hydrogen (secondary N) is 1. The van der Waals surface area contributed by atoms with E-state index in [1.807, 2.05) is 48.5 Å². The second kappa shape index (κ2) is 6.56. The largest absolute Gasteiger partial charge is 0.444 e. The third-order valence-corrected chi connectivity index (χ3v) is 2.62. The molecule has 19 heavy (non-hydrogen) atoms. The zero-order chi connectivity index (χ0) is 13.5. The lowest BCUT2D eigenvalue weighted by Crippen LogP contribution is -2.13. The number of rotatable bonds is 4. The van der Waals surface area contributed by atoms with E-state index < -0.39 is 6.09 Å². The predicted molar refractivity (Wildman–Crippen MR) is 74.6 cm³/mol. The molecule has 2 rings (SSSR count). The van der Waals surface area contributed by atoms with Crippen LogP contribution in [-0.2, 0) is 17.9 Å². The molecule has 0 spiro atoms. The van der Waals surface area contributed by atoms with Crippen molar-refractivity contribution >= 4 is 11.8 Å². The van der Waals surface area contributed by atoms with Crippen molar-refractivity contribution in [3.05, 3.63) is 65.7 Å². The van der Waals surface area contributed by atoms with Crippen LogP contribution < -0.4 is 11.1 Å². The Kier molecular flexibility index (Phi) is 4.53. The summed E-state index contributed by atoms with van der Waals surface area (Å²) in [5, 5.41) is 2.67. The number of benzene rings is 2. The monoisotopic (exact) mass is 256 g/mol. The first kappa shape index (κ1) is 13.1. The number of amides is 1. The summed E-state index contributed by atoms with van der Waals surface area (Å²) in [5.74, 6) is 0. The van der Waals surface area contributed by atoms with E-state index in [2.05, 4.69) is 5.32 Å². The molecule has 0 aromatic heterocycles. The fourth-order valence-electron chi connectivity index (χ4n) is 1.65. The summed E-state index contributed by atoms with van der Waals surface area (Å²) >= 11 is 0. The molecular formula is C15H16N2O2. The van der Waals surface area contributed by atoms with Crippen LogP contribution in [0.4, 0.5) is 10.5 Å². The standard InChI is InChI=1S/C15H16N2O2/c16-10-13-7-4-8-14(9-13)17-15(18)19-11-12-5-2-1-3-6-12/h1-9H,10-11,16H2,(H,17,18). The van der Waals surface area contributed by atoms with Crippen molar-refractivity contribution in [2.24, 2.45) is 5.73 Å².